The van der Waals surface area contributed by atoms with Crippen LogP contribution in [-0.4, -0.2) is 26.1 Å². The molecule has 0 bridgehead atoms. The number of nitrogens with zero attached hydrogens (tertiary/aromatic N) is 4. The van der Waals surface area contributed by atoms with Gasteiger partial charge in [-0.3, -0.25) is 4.79 Å². The molecule has 1 aromatic carbocycles. The largest absolute Gasteiger partial charge is 0.458 e. The Kier molecular flexibility index (Phi) is 4.18. The fourth-order valence-corrected chi connectivity index (χ4v) is 2.05. The molecule has 3 aromatic rings. The van der Waals surface area contributed by atoms with E-state index in [1.54, 1.807) is 6.07 Å². The number of aryl methyl sites for hydroxylation is 2. The average molecular weight is 311 g/mol. The number of amides is 1. The maximum atomic E-state index is 11.9. The van der Waals surface area contributed by atoms with Gasteiger partial charge in [-0.25, -0.2) is 0 Å². The summed E-state index contributed by atoms with van der Waals surface area (Å²) in [4.78, 5) is 13.2. The molecule has 0 saturated heterocycles. The fourth-order valence-electron chi connectivity index (χ4n) is 2.05. The molecule has 0 spiro atoms. The molecule has 23 heavy (non-hydrogen) atoms. The van der Waals surface area contributed by atoms with Crippen molar-refractivity contribution in [3.8, 4) is 11.6 Å². The van der Waals surface area contributed by atoms with E-state index in [-0.39, 0.29) is 12.5 Å². The predicted octanol–water partition coefficient (Wildman–Crippen LogP) is 1.87. The lowest BCUT2D eigenvalue weighted by molar-refractivity contribution is -0.122. The van der Waals surface area contributed by atoms with Gasteiger partial charge in [0, 0.05) is 6.54 Å². The lowest BCUT2D eigenvalue weighted by atomic mass is 10.1. The van der Waals surface area contributed by atoms with Crippen LogP contribution in [0.4, 0.5) is 0 Å². The van der Waals surface area contributed by atoms with E-state index < -0.39 is 0 Å². The monoisotopic (exact) mass is 311 g/mol. The molecule has 0 fully saturated rings. The van der Waals surface area contributed by atoms with Gasteiger partial charge in [-0.15, -0.1) is 10.2 Å². The van der Waals surface area contributed by atoms with Crippen molar-refractivity contribution in [2.75, 3.05) is 0 Å². The first-order valence-corrected chi connectivity index (χ1v) is 7.27. The van der Waals surface area contributed by atoms with Gasteiger partial charge in [-0.05, 0) is 36.8 Å². The number of carbonyl (C=O) groups excluding carboxylic acids is 1. The highest BCUT2D eigenvalue weighted by atomic mass is 16.3. The second kappa shape index (κ2) is 6.43. The van der Waals surface area contributed by atoms with Crippen molar-refractivity contribution in [3.63, 3.8) is 0 Å². The average Bonchev–Trinajstić information content (AvgIpc) is 3.16. The minimum atomic E-state index is -0.176. The SMILES string of the molecule is Cc1ccc(CNC(=O)Cn2nnc(-c3ccc(C)o3)n2)cc1. The van der Waals surface area contributed by atoms with E-state index >= 15 is 0 Å². The molecule has 0 aliphatic heterocycles. The van der Waals surface area contributed by atoms with Crippen LogP contribution in [-0.2, 0) is 17.9 Å². The minimum Gasteiger partial charge on any atom is -0.458 e. The van der Waals surface area contributed by atoms with E-state index in [0.717, 1.165) is 11.3 Å². The number of hydrogen-bond donors (Lipinski definition) is 1. The van der Waals surface area contributed by atoms with Crippen molar-refractivity contribution in [3.05, 3.63) is 53.3 Å². The van der Waals surface area contributed by atoms with Crippen molar-refractivity contribution in [2.45, 2.75) is 26.9 Å². The lowest BCUT2D eigenvalue weighted by Gasteiger charge is -2.04. The second-order valence-corrected chi connectivity index (χ2v) is 5.32. The van der Waals surface area contributed by atoms with Crippen LogP contribution in [0.3, 0.4) is 0 Å². The molecule has 1 N–H and O–H groups in total. The van der Waals surface area contributed by atoms with Crippen LogP contribution in [0.2, 0.25) is 0 Å². The molecule has 0 radical (unpaired) electrons. The third kappa shape index (κ3) is 3.82. The van der Waals surface area contributed by atoms with Gasteiger partial charge in [0.25, 0.3) is 0 Å². The summed E-state index contributed by atoms with van der Waals surface area (Å²) in [6.07, 6.45) is 0. The van der Waals surface area contributed by atoms with Crippen molar-refractivity contribution in [2.24, 2.45) is 0 Å². The molecule has 0 aliphatic rings. The molecule has 0 atom stereocenters. The highest BCUT2D eigenvalue weighted by Gasteiger charge is 2.11. The summed E-state index contributed by atoms with van der Waals surface area (Å²) < 4.78 is 5.42. The number of benzene rings is 1. The van der Waals surface area contributed by atoms with Gasteiger partial charge < -0.3 is 9.73 Å². The van der Waals surface area contributed by atoms with Crippen LogP contribution in [0.1, 0.15) is 16.9 Å². The van der Waals surface area contributed by atoms with Crippen LogP contribution in [0.5, 0.6) is 0 Å². The number of carbonyl (C=O) groups is 1. The predicted molar refractivity (Wildman–Crippen MR) is 83.3 cm³/mol. The van der Waals surface area contributed by atoms with E-state index in [2.05, 4.69) is 20.7 Å². The van der Waals surface area contributed by atoms with Crippen molar-refractivity contribution >= 4 is 5.91 Å². The van der Waals surface area contributed by atoms with E-state index in [1.807, 2.05) is 44.2 Å². The van der Waals surface area contributed by atoms with Crippen LogP contribution in [0.15, 0.2) is 40.8 Å². The van der Waals surface area contributed by atoms with Crippen LogP contribution in [0, 0.1) is 13.8 Å². The Morgan fingerprint density at radius 1 is 1.17 bits per heavy atom. The molecular weight excluding hydrogens is 294 g/mol. The normalized spacial score (nSPS) is 10.7. The summed E-state index contributed by atoms with van der Waals surface area (Å²) in [5, 5.41) is 14.7. The first-order valence-electron chi connectivity index (χ1n) is 7.27. The second-order valence-electron chi connectivity index (χ2n) is 5.32. The maximum absolute atomic E-state index is 11.9. The summed E-state index contributed by atoms with van der Waals surface area (Å²) in [7, 11) is 0. The Morgan fingerprint density at radius 3 is 2.65 bits per heavy atom. The fraction of sp³-hybridized carbons (Fsp3) is 0.250. The number of furan rings is 1. The molecule has 2 heterocycles. The summed E-state index contributed by atoms with van der Waals surface area (Å²) in [6, 6.07) is 11.6. The third-order valence-corrected chi connectivity index (χ3v) is 3.31. The zero-order valence-corrected chi connectivity index (χ0v) is 13.0. The standard InChI is InChI=1S/C16H17N5O2/c1-11-3-6-13(7-4-11)9-17-15(22)10-21-19-16(18-20-21)14-8-5-12(2)23-14/h3-8H,9-10H2,1-2H3,(H,17,22). The van der Waals surface area contributed by atoms with Gasteiger partial charge in [0.2, 0.25) is 11.7 Å². The van der Waals surface area contributed by atoms with Gasteiger partial charge in [0.05, 0.1) is 0 Å². The molecule has 7 nitrogen and oxygen atoms in total. The van der Waals surface area contributed by atoms with Crippen LogP contribution < -0.4 is 5.32 Å². The summed E-state index contributed by atoms with van der Waals surface area (Å²) in [5.74, 6) is 1.50. The summed E-state index contributed by atoms with van der Waals surface area (Å²) >= 11 is 0. The zero-order valence-electron chi connectivity index (χ0n) is 13.0. The van der Waals surface area contributed by atoms with Gasteiger partial charge in [-0.2, -0.15) is 4.80 Å². The summed E-state index contributed by atoms with van der Waals surface area (Å²) in [6.45, 7) is 4.35. The van der Waals surface area contributed by atoms with E-state index in [0.29, 0.717) is 18.1 Å². The molecule has 3 rings (SSSR count). The Bertz CT molecular complexity index is 804. The zero-order chi connectivity index (χ0) is 16.2. The molecule has 0 saturated carbocycles. The highest BCUT2D eigenvalue weighted by molar-refractivity contribution is 5.75. The van der Waals surface area contributed by atoms with Crippen molar-refractivity contribution in [1.82, 2.24) is 25.5 Å². The first-order chi connectivity index (χ1) is 11.1. The topological polar surface area (TPSA) is 85.8 Å². The molecule has 7 heteroatoms. The van der Waals surface area contributed by atoms with Gasteiger partial charge in [0.15, 0.2) is 5.76 Å². The first kappa shape index (κ1) is 15.0. The smallest absolute Gasteiger partial charge is 0.243 e. The Balaban J connectivity index is 1.56. The minimum absolute atomic E-state index is 0.0125. The Morgan fingerprint density at radius 2 is 1.96 bits per heavy atom. The number of aromatic nitrogens is 4. The van der Waals surface area contributed by atoms with Crippen LogP contribution >= 0.6 is 0 Å². The molecule has 0 aliphatic carbocycles. The quantitative estimate of drug-likeness (QED) is 0.777. The van der Waals surface area contributed by atoms with Gasteiger partial charge in [0.1, 0.15) is 12.3 Å². The lowest BCUT2D eigenvalue weighted by Crippen LogP contribution is -2.28. The number of rotatable bonds is 5. The van der Waals surface area contributed by atoms with Gasteiger partial charge in [-0.1, -0.05) is 29.8 Å². The van der Waals surface area contributed by atoms with Crippen LogP contribution in [0.25, 0.3) is 11.6 Å². The Labute approximate surface area is 133 Å². The molecule has 2 aromatic heterocycles. The van der Waals surface area contributed by atoms with Gasteiger partial charge >= 0.3 is 0 Å². The van der Waals surface area contributed by atoms with Crippen molar-refractivity contribution in [1.29, 1.82) is 0 Å². The molecule has 118 valence electrons. The molecule has 0 unspecified atom stereocenters. The molecular formula is C16H17N5O2. The Hall–Kier alpha value is -2.96. The summed E-state index contributed by atoms with van der Waals surface area (Å²) in [5.41, 5.74) is 2.23. The van der Waals surface area contributed by atoms with E-state index in [4.69, 9.17) is 4.42 Å². The van der Waals surface area contributed by atoms with E-state index in [9.17, 15) is 4.79 Å². The van der Waals surface area contributed by atoms with E-state index in [1.165, 1.54) is 10.4 Å². The number of nitrogens with one attached hydrogen (secondary N) is 1. The number of tetrazole rings is 1. The van der Waals surface area contributed by atoms with Crippen molar-refractivity contribution < 1.29 is 9.21 Å². The highest BCUT2D eigenvalue weighted by Crippen LogP contribution is 2.16. The molecule has 1 amide bonds. The number of hydrogen-bond acceptors (Lipinski definition) is 5. The third-order valence-electron chi connectivity index (χ3n) is 3.31. The maximum Gasteiger partial charge on any atom is 0.243 e.